The molecule has 2 heteroatoms. The minimum absolute atomic E-state index is 0.575. The van der Waals surface area contributed by atoms with E-state index in [-0.39, 0.29) is 0 Å². The second kappa shape index (κ2) is 2.29. The summed E-state index contributed by atoms with van der Waals surface area (Å²) in [7, 11) is 0. The number of allylic oxidation sites excluding steroid dienone is 4. The molecule has 1 radical (unpaired) electrons. The van der Waals surface area contributed by atoms with E-state index < -0.39 is 0 Å². The van der Waals surface area contributed by atoms with Crippen molar-refractivity contribution >= 4 is 5.71 Å². The van der Waals surface area contributed by atoms with Crippen LogP contribution in [0.5, 0.6) is 0 Å². The Labute approximate surface area is 60.3 Å². The van der Waals surface area contributed by atoms with Crippen LogP contribution in [0.1, 0.15) is 6.42 Å². The molecule has 1 N–H and O–H groups in total. The van der Waals surface area contributed by atoms with E-state index in [0.29, 0.717) is 5.92 Å². The van der Waals surface area contributed by atoms with E-state index in [2.05, 4.69) is 28.8 Å². The van der Waals surface area contributed by atoms with E-state index in [1.165, 1.54) is 12.1 Å². The lowest BCUT2D eigenvalue weighted by Gasteiger charge is -2.10. The van der Waals surface area contributed by atoms with Gasteiger partial charge in [-0.05, 0) is 6.42 Å². The molecule has 1 aliphatic heterocycles. The molecule has 10 heavy (non-hydrogen) atoms. The zero-order valence-corrected chi connectivity index (χ0v) is 5.75. The molecule has 0 spiro atoms. The third kappa shape index (κ3) is 0.856. The summed E-state index contributed by atoms with van der Waals surface area (Å²) < 4.78 is 0. The van der Waals surface area contributed by atoms with Crippen LogP contribution in [0.4, 0.5) is 0 Å². The van der Waals surface area contributed by atoms with Crippen molar-refractivity contribution in [3.05, 3.63) is 24.3 Å². The van der Waals surface area contributed by atoms with Crippen LogP contribution in [0.25, 0.3) is 0 Å². The van der Waals surface area contributed by atoms with E-state index >= 15 is 0 Å². The first-order valence-electron chi connectivity index (χ1n) is 3.62. The van der Waals surface area contributed by atoms with Crippen molar-refractivity contribution in [1.29, 1.82) is 0 Å². The zero-order valence-electron chi connectivity index (χ0n) is 5.75. The Morgan fingerprint density at radius 3 is 3.40 bits per heavy atom. The van der Waals surface area contributed by atoms with Gasteiger partial charge in [0.2, 0.25) is 0 Å². The summed E-state index contributed by atoms with van der Waals surface area (Å²) >= 11 is 0. The SMILES string of the molecule is C1=CC2=[N+]NCCC2C=C1. The Bertz CT molecular complexity index is 213. The number of nitrogens with one attached hydrogen (secondary N) is 1. The van der Waals surface area contributed by atoms with Crippen molar-refractivity contribution in [3.8, 4) is 0 Å². The Kier molecular flexibility index (Phi) is 1.31. The molecule has 1 unspecified atom stereocenters. The zero-order chi connectivity index (χ0) is 6.81. The fraction of sp³-hybridized carbons (Fsp3) is 0.375. The van der Waals surface area contributed by atoms with Crippen LogP contribution in [0.15, 0.2) is 24.3 Å². The van der Waals surface area contributed by atoms with Crippen molar-refractivity contribution in [1.82, 2.24) is 10.5 Å². The van der Waals surface area contributed by atoms with Crippen LogP contribution in [-0.4, -0.2) is 12.3 Å². The van der Waals surface area contributed by atoms with Gasteiger partial charge in [-0.3, -0.25) is 0 Å². The number of hydrazone groups is 1. The molecule has 2 rings (SSSR count). The lowest BCUT2D eigenvalue weighted by atomic mass is 9.94. The lowest BCUT2D eigenvalue weighted by Crippen LogP contribution is -2.34. The highest BCUT2D eigenvalue weighted by atomic mass is 15.3. The van der Waals surface area contributed by atoms with Gasteiger partial charge in [-0.1, -0.05) is 18.2 Å². The van der Waals surface area contributed by atoms with Crippen molar-refractivity contribution in [2.24, 2.45) is 5.92 Å². The second-order valence-corrected chi connectivity index (χ2v) is 2.58. The van der Waals surface area contributed by atoms with Gasteiger partial charge in [0.25, 0.3) is 5.71 Å². The van der Waals surface area contributed by atoms with Crippen LogP contribution in [0.3, 0.4) is 0 Å². The molecule has 0 saturated heterocycles. The van der Waals surface area contributed by atoms with Crippen LogP contribution >= 0.6 is 0 Å². The average Bonchev–Trinajstić information content (AvgIpc) is 2.05. The van der Waals surface area contributed by atoms with Crippen LogP contribution in [-0.2, 0) is 0 Å². The summed E-state index contributed by atoms with van der Waals surface area (Å²) in [6.45, 7) is 1.01. The van der Waals surface area contributed by atoms with Gasteiger partial charge >= 0.3 is 0 Å². The minimum atomic E-state index is 0.575. The second-order valence-electron chi connectivity index (χ2n) is 2.58. The monoisotopic (exact) mass is 134 g/mol. The number of hydrogen-bond acceptors (Lipinski definition) is 2. The van der Waals surface area contributed by atoms with Crippen molar-refractivity contribution < 1.29 is 0 Å². The Hall–Kier alpha value is -1.05. The molecule has 0 saturated carbocycles. The van der Waals surface area contributed by atoms with Crippen LogP contribution < -0.4 is 10.5 Å². The van der Waals surface area contributed by atoms with Gasteiger partial charge in [-0.15, -0.1) is 5.43 Å². The molecular formula is C8H10N2+. The van der Waals surface area contributed by atoms with Gasteiger partial charge in [0, 0.05) is 6.08 Å². The summed E-state index contributed by atoms with van der Waals surface area (Å²) in [5.41, 5.74) is 4.16. The van der Waals surface area contributed by atoms with Crippen LogP contribution in [0, 0.1) is 5.92 Å². The van der Waals surface area contributed by atoms with E-state index in [0.717, 1.165) is 6.54 Å². The summed E-state index contributed by atoms with van der Waals surface area (Å²) in [5, 5.41) is 4.18. The van der Waals surface area contributed by atoms with Crippen molar-refractivity contribution in [2.45, 2.75) is 6.42 Å². The fourth-order valence-electron chi connectivity index (χ4n) is 1.31. The molecule has 0 aromatic carbocycles. The molecule has 2 nitrogen and oxygen atoms in total. The van der Waals surface area contributed by atoms with Crippen molar-refractivity contribution in [3.63, 3.8) is 0 Å². The largest absolute Gasteiger partial charge is 0.293 e. The maximum absolute atomic E-state index is 4.18. The number of fused-ring (bicyclic) bond motifs is 1. The Morgan fingerprint density at radius 1 is 1.50 bits per heavy atom. The number of nitrogens with zero attached hydrogens (tertiary/aromatic N) is 1. The topological polar surface area (TPSA) is 26.1 Å². The first-order valence-corrected chi connectivity index (χ1v) is 3.62. The molecule has 0 amide bonds. The van der Waals surface area contributed by atoms with Crippen molar-refractivity contribution in [2.75, 3.05) is 6.54 Å². The Morgan fingerprint density at radius 2 is 2.50 bits per heavy atom. The molecule has 1 heterocycles. The summed E-state index contributed by atoms with van der Waals surface area (Å²) in [6, 6.07) is 0. The molecule has 0 fully saturated rings. The quantitative estimate of drug-likeness (QED) is 0.510. The fourth-order valence-corrected chi connectivity index (χ4v) is 1.31. The summed E-state index contributed by atoms with van der Waals surface area (Å²) in [4.78, 5) is 0. The summed E-state index contributed by atoms with van der Waals surface area (Å²) in [6.07, 6.45) is 9.58. The predicted molar refractivity (Wildman–Crippen MR) is 41.5 cm³/mol. The number of hydrogen-bond donors (Lipinski definition) is 1. The summed E-state index contributed by atoms with van der Waals surface area (Å²) in [5.74, 6) is 0.575. The molecular weight excluding hydrogens is 124 g/mol. The standard InChI is InChI=1S/C8H10N2/c1-2-4-8-7(3-1)5-6-9-10-8/h1-4,7,9H,5-6H2/q+1. The van der Waals surface area contributed by atoms with E-state index in [4.69, 9.17) is 0 Å². The Balaban J connectivity index is 2.27. The lowest BCUT2D eigenvalue weighted by molar-refractivity contribution is 0.563. The van der Waals surface area contributed by atoms with E-state index in [1.807, 2.05) is 6.08 Å². The molecule has 1 atom stereocenters. The number of rotatable bonds is 0. The maximum atomic E-state index is 4.18. The third-order valence-corrected chi connectivity index (χ3v) is 1.88. The first kappa shape index (κ1) is 5.71. The van der Waals surface area contributed by atoms with Gasteiger partial charge < -0.3 is 0 Å². The molecule has 0 aromatic rings. The highest BCUT2D eigenvalue weighted by Gasteiger charge is 2.25. The highest BCUT2D eigenvalue weighted by molar-refractivity contribution is 5.98. The van der Waals surface area contributed by atoms with Gasteiger partial charge in [-0.25, -0.2) is 0 Å². The van der Waals surface area contributed by atoms with Gasteiger partial charge in [0.15, 0.2) is 5.10 Å². The molecule has 1 aliphatic carbocycles. The molecule has 2 aliphatic rings. The third-order valence-electron chi connectivity index (χ3n) is 1.88. The normalized spacial score (nSPS) is 28.8. The van der Waals surface area contributed by atoms with Gasteiger partial charge in [0.1, 0.15) is 0 Å². The highest BCUT2D eigenvalue weighted by Crippen LogP contribution is 2.12. The predicted octanol–water partition coefficient (Wildman–Crippen LogP) is 0.414. The maximum Gasteiger partial charge on any atom is 0.293 e. The van der Waals surface area contributed by atoms with Gasteiger partial charge in [0.05, 0.1) is 12.5 Å². The molecule has 0 aromatic heterocycles. The molecule has 0 bridgehead atoms. The van der Waals surface area contributed by atoms with E-state index in [1.54, 1.807) is 0 Å². The molecule has 51 valence electrons. The smallest absolute Gasteiger partial charge is 0.133 e. The van der Waals surface area contributed by atoms with Gasteiger partial charge in [-0.2, -0.15) is 0 Å². The minimum Gasteiger partial charge on any atom is -0.133 e. The van der Waals surface area contributed by atoms with E-state index in [9.17, 15) is 0 Å². The average molecular weight is 134 g/mol. The van der Waals surface area contributed by atoms with Crippen LogP contribution in [0.2, 0.25) is 0 Å². The first-order chi connectivity index (χ1) is 4.97.